The van der Waals surface area contributed by atoms with Gasteiger partial charge < -0.3 is 0 Å². The average molecular weight is 533 g/mol. The molecule has 0 aliphatic carbocycles. The normalized spacial score (nSPS) is 18.0. The first-order valence-corrected chi connectivity index (χ1v) is 14.3. The Labute approximate surface area is 226 Å². The molecule has 0 saturated carbocycles. The van der Waals surface area contributed by atoms with Gasteiger partial charge in [0.15, 0.2) is 0 Å². The summed E-state index contributed by atoms with van der Waals surface area (Å²) in [5.41, 5.74) is 3.26. The van der Waals surface area contributed by atoms with Crippen molar-refractivity contribution in [3.05, 3.63) is 127 Å². The molecule has 2 atom stereocenters. The molecule has 3 aromatic carbocycles. The Balaban J connectivity index is 1.57. The molecule has 192 valence electrons. The van der Waals surface area contributed by atoms with Crippen LogP contribution in [0.3, 0.4) is 0 Å². The molecule has 0 amide bonds. The molecule has 4 rings (SSSR count). The molecule has 0 aromatic heterocycles. The lowest BCUT2D eigenvalue weighted by atomic mass is 9.93. The molecule has 4 nitrogen and oxygen atoms in total. The zero-order valence-corrected chi connectivity index (χ0v) is 22.5. The summed E-state index contributed by atoms with van der Waals surface area (Å²) in [5.74, 6) is -0.0145. The van der Waals surface area contributed by atoms with E-state index >= 15 is 0 Å². The van der Waals surface area contributed by atoms with E-state index in [1.165, 1.54) is 5.56 Å². The number of hydrogen-bond acceptors (Lipinski definition) is 3. The summed E-state index contributed by atoms with van der Waals surface area (Å²) in [6.07, 6.45) is 8.21. The fourth-order valence-corrected chi connectivity index (χ4v) is 6.81. The summed E-state index contributed by atoms with van der Waals surface area (Å²) < 4.78 is 29.0. The molecule has 0 radical (unpaired) electrons. The van der Waals surface area contributed by atoms with Crippen LogP contribution in [0.5, 0.6) is 0 Å². The van der Waals surface area contributed by atoms with Gasteiger partial charge >= 0.3 is 0 Å². The van der Waals surface area contributed by atoms with Gasteiger partial charge in [0.05, 0.1) is 4.90 Å². The van der Waals surface area contributed by atoms with Crippen LogP contribution in [0.25, 0.3) is 11.1 Å². The van der Waals surface area contributed by atoms with Crippen LogP contribution in [0.1, 0.15) is 12.0 Å². The topological polar surface area (TPSA) is 40.6 Å². The van der Waals surface area contributed by atoms with Gasteiger partial charge in [0.1, 0.15) is 0 Å². The van der Waals surface area contributed by atoms with Crippen LogP contribution in [0.15, 0.2) is 121 Å². The molecule has 1 saturated heterocycles. The van der Waals surface area contributed by atoms with E-state index < -0.39 is 10.0 Å². The van der Waals surface area contributed by atoms with E-state index in [9.17, 15) is 8.42 Å². The van der Waals surface area contributed by atoms with Crippen molar-refractivity contribution in [3.63, 3.8) is 0 Å². The first-order valence-electron chi connectivity index (χ1n) is 12.5. The third kappa shape index (κ3) is 6.49. The fraction of sp³-hybridized carbons (Fsp3) is 0.226. The molecule has 0 bridgehead atoms. The van der Waals surface area contributed by atoms with Crippen molar-refractivity contribution < 1.29 is 8.42 Å². The highest BCUT2D eigenvalue weighted by molar-refractivity contribution is 7.89. The third-order valence-corrected chi connectivity index (χ3v) is 9.04. The molecule has 1 aliphatic rings. The number of hydrogen-bond donors (Lipinski definition) is 0. The molecule has 0 spiro atoms. The van der Waals surface area contributed by atoms with Gasteiger partial charge in [0, 0.05) is 42.8 Å². The third-order valence-electron chi connectivity index (χ3n) is 6.77. The minimum absolute atomic E-state index is 0.0145. The van der Waals surface area contributed by atoms with E-state index in [4.69, 9.17) is 11.6 Å². The molecule has 1 aliphatic heterocycles. The first-order chi connectivity index (χ1) is 17.9. The number of halogens is 1. The van der Waals surface area contributed by atoms with Crippen molar-refractivity contribution >= 4 is 21.6 Å². The highest BCUT2D eigenvalue weighted by Crippen LogP contribution is 2.30. The van der Waals surface area contributed by atoms with Gasteiger partial charge in [-0.2, -0.15) is 4.31 Å². The van der Waals surface area contributed by atoms with Crippen molar-refractivity contribution in [1.29, 1.82) is 0 Å². The minimum Gasteiger partial charge on any atom is -0.296 e. The van der Waals surface area contributed by atoms with Gasteiger partial charge in [-0.3, -0.25) is 4.90 Å². The van der Waals surface area contributed by atoms with E-state index in [2.05, 4.69) is 48.4 Å². The smallest absolute Gasteiger partial charge is 0.243 e. The van der Waals surface area contributed by atoms with Crippen LogP contribution >= 0.6 is 11.6 Å². The maximum atomic E-state index is 13.7. The van der Waals surface area contributed by atoms with Gasteiger partial charge in [-0.1, -0.05) is 103 Å². The molecular formula is C31H33ClN2O2S. The Kier molecular flexibility index (Phi) is 9.17. The van der Waals surface area contributed by atoms with E-state index in [0.717, 1.165) is 22.7 Å². The van der Waals surface area contributed by atoms with Gasteiger partial charge in [0.25, 0.3) is 0 Å². The highest BCUT2D eigenvalue weighted by atomic mass is 35.5. The molecule has 1 unspecified atom stereocenters. The summed E-state index contributed by atoms with van der Waals surface area (Å²) in [6, 6.07) is 24.7. The van der Waals surface area contributed by atoms with Gasteiger partial charge in [-0.05, 0) is 41.7 Å². The predicted molar refractivity (Wildman–Crippen MR) is 154 cm³/mol. The van der Waals surface area contributed by atoms with Crippen molar-refractivity contribution in [1.82, 2.24) is 9.21 Å². The summed E-state index contributed by atoms with van der Waals surface area (Å²) in [4.78, 5) is 2.66. The number of piperazine rings is 1. The fourth-order valence-electron chi connectivity index (χ4n) is 4.89. The number of nitrogens with zero attached hydrogens (tertiary/aromatic N) is 2. The van der Waals surface area contributed by atoms with E-state index in [1.54, 1.807) is 34.6 Å². The monoisotopic (exact) mass is 532 g/mol. The zero-order valence-electron chi connectivity index (χ0n) is 20.9. The van der Waals surface area contributed by atoms with Crippen LogP contribution in [0, 0.1) is 5.92 Å². The lowest BCUT2D eigenvalue weighted by Gasteiger charge is -2.43. The maximum absolute atomic E-state index is 13.7. The first kappa shape index (κ1) is 27.1. The maximum Gasteiger partial charge on any atom is 0.243 e. The van der Waals surface area contributed by atoms with Crippen LogP contribution in [0.2, 0.25) is 5.02 Å². The second-order valence-corrected chi connectivity index (χ2v) is 11.5. The molecule has 3 aromatic rings. The van der Waals surface area contributed by atoms with Crippen LogP contribution in [-0.2, 0) is 16.6 Å². The van der Waals surface area contributed by atoms with E-state index in [0.29, 0.717) is 31.0 Å². The predicted octanol–water partition coefficient (Wildman–Crippen LogP) is 6.82. The quantitative estimate of drug-likeness (QED) is 0.212. The van der Waals surface area contributed by atoms with Crippen molar-refractivity contribution in [2.24, 2.45) is 5.92 Å². The van der Waals surface area contributed by atoms with Crippen LogP contribution in [-0.4, -0.2) is 43.3 Å². The minimum atomic E-state index is -3.64. The summed E-state index contributed by atoms with van der Waals surface area (Å²) in [7, 11) is -3.64. The Morgan fingerprint density at radius 3 is 2.32 bits per heavy atom. The van der Waals surface area contributed by atoms with E-state index in [-0.39, 0.29) is 12.0 Å². The summed E-state index contributed by atoms with van der Waals surface area (Å²) in [5, 5.41) is 0.731. The number of rotatable bonds is 10. The van der Waals surface area contributed by atoms with Gasteiger partial charge in [-0.15, -0.1) is 6.58 Å². The largest absolute Gasteiger partial charge is 0.296 e. The SMILES string of the molecule is C=CC=CC(CC=C)[C@H]1CN(Cc2ccc(-c3ccccc3Cl)cc2)CCN1S(=O)(=O)c1ccccc1. The van der Waals surface area contributed by atoms with Gasteiger partial charge in [-0.25, -0.2) is 8.42 Å². The second kappa shape index (κ2) is 12.5. The highest BCUT2D eigenvalue weighted by Gasteiger charge is 2.39. The van der Waals surface area contributed by atoms with Crippen LogP contribution < -0.4 is 0 Å². The van der Waals surface area contributed by atoms with Crippen molar-refractivity contribution in [3.8, 4) is 11.1 Å². The summed E-state index contributed by atoms with van der Waals surface area (Å²) >= 11 is 6.38. The van der Waals surface area contributed by atoms with Gasteiger partial charge in [0.2, 0.25) is 10.0 Å². The lowest BCUT2D eigenvalue weighted by molar-refractivity contribution is 0.106. The van der Waals surface area contributed by atoms with Crippen molar-refractivity contribution in [2.75, 3.05) is 19.6 Å². The molecule has 6 heteroatoms. The second-order valence-electron chi connectivity index (χ2n) is 9.22. The number of sulfonamides is 1. The molecule has 0 N–H and O–H groups in total. The van der Waals surface area contributed by atoms with Crippen molar-refractivity contribution in [2.45, 2.75) is 23.9 Å². The Bertz CT molecular complexity index is 1340. The van der Waals surface area contributed by atoms with E-state index in [1.807, 2.05) is 42.5 Å². The average Bonchev–Trinajstić information content (AvgIpc) is 2.92. The zero-order chi connectivity index (χ0) is 26.3. The Hall–Kier alpha value is -2.96. The number of allylic oxidation sites excluding steroid dienone is 3. The molecule has 1 heterocycles. The Morgan fingerprint density at radius 2 is 1.65 bits per heavy atom. The molecule has 37 heavy (non-hydrogen) atoms. The summed E-state index contributed by atoms with van der Waals surface area (Å²) in [6.45, 7) is 10.2. The molecular weight excluding hydrogens is 500 g/mol. The Morgan fingerprint density at radius 1 is 0.946 bits per heavy atom. The van der Waals surface area contributed by atoms with Crippen LogP contribution in [0.4, 0.5) is 0 Å². The number of benzene rings is 3. The lowest BCUT2D eigenvalue weighted by Crippen LogP contribution is -2.57. The molecule has 1 fully saturated rings. The standard InChI is InChI=1S/C31H33ClN2O2S/c1-3-5-12-27(11-4-2)31-24-33(21-22-34(31)37(35,36)28-13-7-6-8-14-28)23-25-17-19-26(20-18-25)29-15-9-10-16-30(29)32/h3-10,12-20,27,31H,1-2,11,21-24H2/t27?,31-/m1/s1.